The van der Waals surface area contributed by atoms with Crippen molar-refractivity contribution in [1.29, 1.82) is 0 Å². The van der Waals surface area contributed by atoms with Gasteiger partial charge in [0.2, 0.25) is 0 Å². The molecule has 0 aromatic heterocycles. The van der Waals surface area contributed by atoms with Crippen LogP contribution in [0.1, 0.15) is 50.4 Å². The molecule has 1 aromatic rings. The molecule has 22 heavy (non-hydrogen) atoms. The summed E-state index contributed by atoms with van der Waals surface area (Å²) in [5.74, 6) is 0.487. The fraction of sp³-hybridized carbons (Fsp3) is 0.562. The first-order valence-corrected chi connectivity index (χ1v) is 7.48. The number of carbonyl (C=O) groups excluding carboxylic acids is 1. The van der Waals surface area contributed by atoms with E-state index >= 15 is 0 Å². The van der Waals surface area contributed by atoms with Crippen molar-refractivity contribution in [3.63, 3.8) is 0 Å². The van der Waals surface area contributed by atoms with Gasteiger partial charge >= 0.3 is 5.69 Å². The van der Waals surface area contributed by atoms with E-state index in [1.54, 1.807) is 0 Å². The molecule has 6 heteroatoms. The smallest absolute Gasteiger partial charge is 0.311 e. The third kappa shape index (κ3) is 5.35. The van der Waals surface area contributed by atoms with E-state index in [0.717, 1.165) is 19.3 Å². The molecule has 0 unspecified atom stereocenters. The van der Waals surface area contributed by atoms with Gasteiger partial charge in [-0.05, 0) is 31.4 Å². The zero-order valence-electron chi connectivity index (χ0n) is 13.6. The molecular weight excluding hydrogens is 284 g/mol. The van der Waals surface area contributed by atoms with Crippen LogP contribution in [0.25, 0.3) is 0 Å². The second-order valence-corrected chi connectivity index (χ2v) is 5.84. The molecule has 0 saturated carbocycles. The van der Waals surface area contributed by atoms with Gasteiger partial charge in [-0.15, -0.1) is 0 Å². The first kappa shape index (κ1) is 17.9. The van der Waals surface area contributed by atoms with Crippen LogP contribution in [-0.4, -0.2) is 24.0 Å². The summed E-state index contributed by atoms with van der Waals surface area (Å²) in [4.78, 5) is 22.6. The minimum Gasteiger partial charge on any atom is -0.490 e. The number of hydrogen-bond donors (Lipinski definition) is 1. The van der Waals surface area contributed by atoms with Gasteiger partial charge in [-0.2, -0.15) is 0 Å². The van der Waals surface area contributed by atoms with Crippen LogP contribution >= 0.6 is 0 Å². The molecule has 0 bridgehead atoms. The largest absolute Gasteiger partial charge is 0.490 e. The molecule has 6 nitrogen and oxygen atoms in total. The molecule has 0 spiro atoms. The highest BCUT2D eigenvalue weighted by atomic mass is 16.6. The van der Waals surface area contributed by atoms with E-state index in [4.69, 9.17) is 4.74 Å². The van der Waals surface area contributed by atoms with Crippen molar-refractivity contribution < 1.29 is 14.5 Å². The minimum atomic E-state index is -0.554. The van der Waals surface area contributed by atoms with Crippen LogP contribution in [0.3, 0.4) is 0 Å². The lowest BCUT2D eigenvalue weighted by Gasteiger charge is -2.14. The van der Waals surface area contributed by atoms with E-state index in [-0.39, 0.29) is 28.9 Å². The molecule has 0 aliphatic rings. The molecule has 0 saturated heterocycles. The second kappa shape index (κ2) is 8.36. The van der Waals surface area contributed by atoms with E-state index in [1.807, 2.05) is 6.92 Å². The van der Waals surface area contributed by atoms with Gasteiger partial charge in [0.15, 0.2) is 5.75 Å². The molecule has 1 atom stereocenters. The zero-order chi connectivity index (χ0) is 16.7. The molecule has 1 amide bonds. The lowest BCUT2D eigenvalue weighted by Crippen LogP contribution is -2.32. The number of nitro benzene ring substituents is 1. The Labute approximate surface area is 131 Å². The van der Waals surface area contributed by atoms with Crippen molar-refractivity contribution in [1.82, 2.24) is 5.32 Å². The molecule has 0 heterocycles. The number of benzene rings is 1. The number of amides is 1. The van der Waals surface area contributed by atoms with Crippen LogP contribution in [0.15, 0.2) is 18.2 Å². The zero-order valence-corrected chi connectivity index (χ0v) is 13.6. The summed E-state index contributed by atoms with van der Waals surface area (Å²) in [6.45, 7) is 6.27. The Morgan fingerprint density at radius 1 is 1.32 bits per heavy atom. The highest BCUT2D eigenvalue weighted by Crippen LogP contribution is 2.27. The minimum absolute atomic E-state index is 0.0346. The predicted octanol–water partition coefficient (Wildman–Crippen LogP) is 3.55. The van der Waals surface area contributed by atoms with Gasteiger partial charge in [0.25, 0.3) is 5.91 Å². The van der Waals surface area contributed by atoms with E-state index in [9.17, 15) is 14.9 Å². The quantitative estimate of drug-likeness (QED) is 0.588. The normalized spacial score (nSPS) is 12.0. The Morgan fingerprint density at radius 2 is 2.00 bits per heavy atom. The summed E-state index contributed by atoms with van der Waals surface area (Å²) >= 11 is 0. The van der Waals surface area contributed by atoms with Gasteiger partial charge in [0.1, 0.15) is 0 Å². The summed E-state index contributed by atoms with van der Waals surface area (Å²) < 4.78 is 4.92. The summed E-state index contributed by atoms with van der Waals surface area (Å²) in [7, 11) is 1.36. The molecule has 0 radical (unpaired) electrons. The van der Waals surface area contributed by atoms with Gasteiger partial charge in [-0.3, -0.25) is 14.9 Å². The molecule has 1 N–H and O–H groups in total. The molecule has 0 fully saturated rings. The third-order valence-electron chi connectivity index (χ3n) is 3.43. The van der Waals surface area contributed by atoms with Gasteiger partial charge in [0, 0.05) is 17.7 Å². The average Bonchev–Trinajstić information content (AvgIpc) is 2.45. The number of carbonyl (C=O) groups is 1. The van der Waals surface area contributed by atoms with Gasteiger partial charge in [-0.1, -0.05) is 26.7 Å². The maximum atomic E-state index is 12.2. The Balaban J connectivity index is 2.69. The standard InChI is InChI=1S/C16H24N2O4/c1-11(2)6-5-7-12(3)17-16(19)13-8-9-15(22-4)14(10-13)18(20)21/h8-12H,5-7H2,1-4H3,(H,17,19)/t12-/m0/s1. The molecule has 122 valence electrons. The Morgan fingerprint density at radius 3 is 2.55 bits per heavy atom. The van der Waals surface area contributed by atoms with Crippen LogP contribution in [0.2, 0.25) is 0 Å². The van der Waals surface area contributed by atoms with Gasteiger partial charge < -0.3 is 10.1 Å². The summed E-state index contributed by atoms with van der Waals surface area (Å²) in [6.07, 6.45) is 3.05. The van der Waals surface area contributed by atoms with Crippen LogP contribution in [0.5, 0.6) is 5.75 Å². The Kier molecular flexibility index (Phi) is 6.82. The Bertz CT molecular complexity index is 529. The van der Waals surface area contributed by atoms with Crippen LogP contribution in [0.4, 0.5) is 5.69 Å². The SMILES string of the molecule is COc1ccc(C(=O)N[C@@H](C)CCCC(C)C)cc1[N+](=O)[O-]. The van der Waals surface area contributed by atoms with Crippen LogP contribution < -0.4 is 10.1 Å². The molecular formula is C16H24N2O4. The first-order valence-electron chi connectivity index (χ1n) is 7.48. The molecule has 0 aliphatic carbocycles. The number of methoxy groups -OCH3 is 1. The van der Waals surface area contributed by atoms with Crippen molar-refractivity contribution in [3.8, 4) is 5.75 Å². The first-order chi connectivity index (χ1) is 10.3. The summed E-state index contributed by atoms with van der Waals surface area (Å²) in [5, 5.41) is 13.8. The highest BCUT2D eigenvalue weighted by molar-refractivity contribution is 5.95. The molecule has 1 rings (SSSR count). The monoisotopic (exact) mass is 308 g/mol. The number of rotatable bonds is 8. The van der Waals surface area contributed by atoms with Gasteiger partial charge in [-0.25, -0.2) is 0 Å². The number of nitrogens with one attached hydrogen (secondary N) is 1. The van der Waals surface area contributed by atoms with Crippen molar-refractivity contribution in [3.05, 3.63) is 33.9 Å². The van der Waals surface area contributed by atoms with E-state index in [0.29, 0.717) is 5.92 Å². The van der Waals surface area contributed by atoms with Crippen LogP contribution in [-0.2, 0) is 0 Å². The number of hydrogen-bond acceptors (Lipinski definition) is 4. The van der Waals surface area contributed by atoms with Crippen molar-refractivity contribution in [2.45, 2.75) is 46.1 Å². The van der Waals surface area contributed by atoms with Gasteiger partial charge in [0.05, 0.1) is 12.0 Å². The highest BCUT2D eigenvalue weighted by Gasteiger charge is 2.18. The molecule has 0 aliphatic heterocycles. The topological polar surface area (TPSA) is 81.5 Å². The number of nitro groups is 1. The van der Waals surface area contributed by atoms with Crippen molar-refractivity contribution in [2.75, 3.05) is 7.11 Å². The van der Waals surface area contributed by atoms with Crippen LogP contribution in [0, 0.1) is 16.0 Å². The Hall–Kier alpha value is -2.11. The van der Waals surface area contributed by atoms with Crippen molar-refractivity contribution >= 4 is 11.6 Å². The van der Waals surface area contributed by atoms with Crippen molar-refractivity contribution in [2.24, 2.45) is 5.92 Å². The summed E-state index contributed by atoms with van der Waals surface area (Å²) in [5.41, 5.74) is 0.0609. The fourth-order valence-electron chi connectivity index (χ4n) is 2.19. The maximum Gasteiger partial charge on any atom is 0.311 e. The maximum absolute atomic E-state index is 12.2. The lowest BCUT2D eigenvalue weighted by molar-refractivity contribution is -0.385. The molecule has 1 aromatic carbocycles. The number of nitrogens with zero attached hydrogens (tertiary/aromatic N) is 1. The fourth-order valence-corrected chi connectivity index (χ4v) is 2.19. The summed E-state index contributed by atoms with van der Waals surface area (Å²) in [6, 6.07) is 4.25. The second-order valence-electron chi connectivity index (χ2n) is 5.84. The number of ether oxygens (including phenoxy) is 1. The van der Waals surface area contributed by atoms with E-state index in [2.05, 4.69) is 19.2 Å². The average molecular weight is 308 g/mol. The predicted molar refractivity (Wildman–Crippen MR) is 85.3 cm³/mol. The lowest BCUT2D eigenvalue weighted by atomic mass is 10.0. The van der Waals surface area contributed by atoms with E-state index in [1.165, 1.54) is 25.3 Å². The van der Waals surface area contributed by atoms with E-state index < -0.39 is 4.92 Å². The third-order valence-corrected chi connectivity index (χ3v) is 3.43.